The molecule has 0 radical (unpaired) electrons. The molecule has 0 bridgehead atoms. The lowest BCUT2D eigenvalue weighted by molar-refractivity contribution is 0.474. The third kappa shape index (κ3) is 1.22. The lowest BCUT2D eigenvalue weighted by atomic mass is 10.1. The number of nitrogens with zero attached hydrogens (tertiary/aromatic N) is 1. The Hall–Kier alpha value is -2.09. The first-order chi connectivity index (χ1) is 7.34. The van der Waals surface area contributed by atoms with Crippen molar-refractivity contribution in [2.24, 2.45) is 0 Å². The van der Waals surface area contributed by atoms with E-state index in [1.165, 1.54) is 6.20 Å². The van der Waals surface area contributed by atoms with E-state index in [2.05, 4.69) is 11.1 Å². The van der Waals surface area contributed by atoms with E-state index in [1.807, 2.05) is 30.3 Å². The second-order valence-electron chi connectivity index (χ2n) is 3.55. The maximum atomic E-state index is 9.43. The fourth-order valence-corrected chi connectivity index (χ4v) is 1.87. The number of pyridine rings is 1. The molecule has 2 aromatic carbocycles. The van der Waals surface area contributed by atoms with Crippen molar-refractivity contribution in [3.8, 4) is 5.75 Å². The molecule has 2 nitrogen and oxygen atoms in total. The van der Waals surface area contributed by atoms with Gasteiger partial charge in [0.15, 0.2) is 0 Å². The SMILES string of the molecule is Oc1cnc2ccc3ccccc3c2c1. The van der Waals surface area contributed by atoms with E-state index >= 15 is 0 Å². The predicted octanol–water partition coefficient (Wildman–Crippen LogP) is 3.09. The van der Waals surface area contributed by atoms with Crippen LogP contribution in [0.15, 0.2) is 48.7 Å². The fraction of sp³-hybridized carbons (Fsp3) is 0. The molecule has 0 aliphatic rings. The summed E-state index contributed by atoms with van der Waals surface area (Å²) >= 11 is 0. The molecule has 1 heterocycles. The van der Waals surface area contributed by atoms with Gasteiger partial charge in [0, 0.05) is 5.39 Å². The molecule has 0 saturated heterocycles. The molecule has 0 fully saturated rings. The van der Waals surface area contributed by atoms with Gasteiger partial charge in [-0.1, -0.05) is 30.3 Å². The van der Waals surface area contributed by atoms with Crippen molar-refractivity contribution in [3.63, 3.8) is 0 Å². The molecule has 2 heteroatoms. The number of aromatic hydroxyl groups is 1. The van der Waals surface area contributed by atoms with Crippen molar-refractivity contribution in [2.75, 3.05) is 0 Å². The van der Waals surface area contributed by atoms with Crippen molar-refractivity contribution in [1.29, 1.82) is 0 Å². The van der Waals surface area contributed by atoms with Gasteiger partial charge in [0.05, 0.1) is 11.7 Å². The average Bonchev–Trinajstić information content (AvgIpc) is 2.29. The molecule has 1 aromatic heterocycles. The van der Waals surface area contributed by atoms with Gasteiger partial charge in [0.25, 0.3) is 0 Å². The smallest absolute Gasteiger partial charge is 0.134 e. The summed E-state index contributed by atoms with van der Waals surface area (Å²) in [7, 11) is 0. The molecule has 3 rings (SSSR count). The zero-order chi connectivity index (χ0) is 10.3. The van der Waals surface area contributed by atoms with E-state index in [-0.39, 0.29) is 5.75 Å². The van der Waals surface area contributed by atoms with Crippen LogP contribution in [0.2, 0.25) is 0 Å². The molecule has 72 valence electrons. The highest BCUT2D eigenvalue weighted by Gasteiger charge is 2.01. The number of hydrogen-bond acceptors (Lipinski definition) is 2. The maximum absolute atomic E-state index is 9.43. The molecule has 0 unspecified atom stereocenters. The Morgan fingerprint density at radius 3 is 2.73 bits per heavy atom. The molecule has 0 spiro atoms. The van der Waals surface area contributed by atoms with Crippen LogP contribution in [0.4, 0.5) is 0 Å². The van der Waals surface area contributed by atoms with Crippen molar-refractivity contribution in [1.82, 2.24) is 4.98 Å². The van der Waals surface area contributed by atoms with Gasteiger partial charge in [-0.05, 0) is 22.9 Å². The van der Waals surface area contributed by atoms with Crippen LogP contribution < -0.4 is 0 Å². The zero-order valence-electron chi connectivity index (χ0n) is 8.01. The first-order valence-electron chi connectivity index (χ1n) is 4.81. The Morgan fingerprint density at radius 1 is 0.933 bits per heavy atom. The first-order valence-corrected chi connectivity index (χ1v) is 4.81. The fourth-order valence-electron chi connectivity index (χ4n) is 1.87. The minimum absolute atomic E-state index is 0.207. The highest BCUT2D eigenvalue weighted by Crippen LogP contribution is 2.26. The third-order valence-corrected chi connectivity index (χ3v) is 2.58. The summed E-state index contributed by atoms with van der Waals surface area (Å²) in [5.74, 6) is 0.207. The van der Waals surface area contributed by atoms with E-state index in [4.69, 9.17) is 0 Å². The van der Waals surface area contributed by atoms with Crippen LogP contribution in [0.3, 0.4) is 0 Å². The highest BCUT2D eigenvalue weighted by atomic mass is 16.3. The first kappa shape index (κ1) is 8.24. The van der Waals surface area contributed by atoms with Crippen LogP contribution in [0.25, 0.3) is 21.7 Å². The topological polar surface area (TPSA) is 33.1 Å². The third-order valence-electron chi connectivity index (χ3n) is 2.58. The molecular formula is C13H9NO. The van der Waals surface area contributed by atoms with Gasteiger partial charge in [-0.25, -0.2) is 0 Å². The molecular weight excluding hydrogens is 186 g/mol. The van der Waals surface area contributed by atoms with E-state index in [0.717, 1.165) is 21.7 Å². The molecule has 0 amide bonds. The number of benzene rings is 2. The minimum atomic E-state index is 0.207. The normalized spacial score (nSPS) is 10.9. The lowest BCUT2D eigenvalue weighted by Gasteiger charge is -2.02. The van der Waals surface area contributed by atoms with E-state index < -0.39 is 0 Å². The highest BCUT2D eigenvalue weighted by molar-refractivity contribution is 6.06. The number of hydrogen-bond donors (Lipinski definition) is 1. The molecule has 1 N–H and O–H groups in total. The molecule has 0 saturated carbocycles. The Morgan fingerprint density at radius 2 is 1.80 bits per heavy atom. The Bertz CT molecular complexity index is 646. The Kier molecular flexibility index (Phi) is 1.62. The van der Waals surface area contributed by atoms with E-state index in [1.54, 1.807) is 6.07 Å². The van der Waals surface area contributed by atoms with Crippen LogP contribution in [0, 0.1) is 0 Å². The molecule has 3 aromatic rings. The van der Waals surface area contributed by atoms with Crippen molar-refractivity contribution in [2.45, 2.75) is 0 Å². The largest absolute Gasteiger partial charge is 0.506 e. The van der Waals surface area contributed by atoms with Crippen LogP contribution in [-0.2, 0) is 0 Å². The molecule has 0 aliphatic heterocycles. The van der Waals surface area contributed by atoms with Crippen molar-refractivity contribution < 1.29 is 5.11 Å². The second kappa shape index (κ2) is 2.95. The summed E-state index contributed by atoms with van der Waals surface area (Å²) in [6.07, 6.45) is 1.47. The van der Waals surface area contributed by atoms with E-state index in [9.17, 15) is 5.11 Å². The van der Waals surface area contributed by atoms with Gasteiger partial charge in [0.1, 0.15) is 5.75 Å². The number of aromatic nitrogens is 1. The van der Waals surface area contributed by atoms with Crippen LogP contribution in [0.5, 0.6) is 5.75 Å². The summed E-state index contributed by atoms with van der Waals surface area (Å²) in [5, 5.41) is 12.7. The standard InChI is InChI=1S/C13H9NO/c15-10-7-12-11-4-2-1-3-9(11)5-6-13(12)14-8-10/h1-8,15H. The average molecular weight is 195 g/mol. The summed E-state index contributed by atoms with van der Waals surface area (Å²) in [6.45, 7) is 0. The zero-order valence-corrected chi connectivity index (χ0v) is 8.01. The van der Waals surface area contributed by atoms with Gasteiger partial charge < -0.3 is 5.11 Å². The van der Waals surface area contributed by atoms with Crippen LogP contribution in [0.1, 0.15) is 0 Å². The van der Waals surface area contributed by atoms with Gasteiger partial charge in [0.2, 0.25) is 0 Å². The van der Waals surface area contributed by atoms with Gasteiger partial charge in [-0.2, -0.15) is 0 Å². The predicted molar refractivity (Wildman–Crippen MR) is 60.9 cm³/mol. The summed E-state index contributed by atoms with van der Waals surface area (Å²) < 4.78 is 0. The van der Waals surface area contributed by atoms with E-state index in [0.29, 0.717) is 0 Å². The monoisotopic (exact) mass is 195 g/mol. The molecule has 0 atom stereocenters. The van der Waals surface area contributed by atoms with Crippen LogP contribution in [-0.4, -0.2) is 10.1 Å². The second-order valence-corrected chi connectivity index (χ2v) is 3.55. The summed E-state index contributed by atoms with van der Waals surface area (Å²) in [4.78, 5) is 4.18. The summed E-state index contributed by atoms with van der Waals surface area (Å²) in [6, 6.07) is 13.9. The summed E-state index contributed by atoms with van der Waals surface area (Å²) in [5.41, 5.74) is 0.909. The van der Waals surface area contributed by atoms with Crippen molar-refractivity contribution >= 4 is 21.7 Å². The number of fused-ring (bicyclic) bond motifs is 3. The van der Waals surface area contributed by atoms with Crippen LogP contribution >= 0.6 is 0 Å². The minimum Gasteiger partial charge on any atom is -0.506 e. The van der Waals surface area contributed by atoms with Gasteiger partial charge >= 0.3 is 0 Å². The quantitative estimate of drug-likeness (QED) is 0.559. The Balaban J connectivity index is 2.57. The van der Waals surface area contributed by atoms with Gasteiger partial charge in [-0.3, -0.25) is 4.98 Å². The molecule has 15 heavy (non-hydrogen) atoms. The Labute approximate surface area is 86.8 Å². The van der Waals surface area contributed by atoms with Gasteiger partial charge in [-0.15, -0.1) is 0 Å². The molecule has 0 aliphatic carbocycles. The van der Waals surface area contributed by atoms with Crippen molar-refractivity contribution in [3.05, 3.63) is 48.7 Å². The maximum Gasteiger partial charge on any atom is 0.134 e. The lowest BCUT2D eigenvalue weighted by Crippen LogP contribution is -1.80. The number of rotatable bonds is 0.